The maximum Gasteiger partial charge on any atom is 0.255 e. The molecule has 0 bridgehead atoms. The fourth-order valence-electron chi connectivity index (χ4n) is 5.23. The predicted octanol–water partition coefficient (Wildman–Crippen LogP) is 3.59. The van der Waals surface area contributed by atoms with Crippen molar-refractivity contribution in [1.82, 2.24) is 15.1 Å². The Labute approximate surface area is 232 Å². The van der Waals surface area contributed by atoms with Crippen LogP contribution in [0.4, 0.5) is 10.1 Å². The fourth-order valence-corrected chi connectivity index (χ4v) is 5.23. The number of hydrogen-bond donors (Lipinski definition) is 2. The molecule has 0 spiro atoms. The van der Waals surface area contributed by atoms with Gasteiger partial charge in [-0.2, -0.15) is 0 Å². The summed E-state index contributed by atoms with van der Waals surface area (Å²) in [5, 5.41) is 5.41. The molecule has 0 aliphatic carbocycles. The van der Waals surface area contributed by atoms with Gasteiger partial charge in [-0.05, 0) is 63.9 Å². The zero-order valence-electron chi connectivity index (χ0n) is 28.5. The Morgan fingerprint density at radius 3 is 2.74 bits per heavy atom. The molecule has 2 unspecified atom stereocenters. The normalized spacial score (nSPS) is 31.1. The van der Waals surface area contributed by atoms with E-state index in [-0.39, 0.29) is 49.9 Å². The van der Waals surface area contributed by atoms with Gasteiger partial charge in [-0.1, -0.05) is 12.1 Å². The van der Waals surface area contributed by atoms with Crippen LogP contribution in [0.15, 0.2) is 36.4 Å². The Hall–Kier alpha value is -3.30. The number of rotatable bonds is 6. The number of anilines is 1. The molecule has 9 heteroatoms. The standard InChI is InChI=1S/C29H35FN4O4/c1-28(2)16-33(17-29(3,4)38-28)14-18-8-9-22(30)19(12-18)13-31-23-7-5-6-20-21(23)15-34(27(20)37)24-10-11-25(35)32-26(24)36/h5-9,12,24,31H,10-11,13-17H2,1-4H3,(H,32,35,36)/i1D3,16D2,17D2. The molecule has 3 amide bonds. The Morgan fingerprint density at radius 1 is 1.18 bits per heavy atom. The van der Waals surface area contributed by atoms with Crippen LogP contribution in [0, 0.1) is 5.82 Å². The van der Waals surface area contributed by atoms with Gasteiger partial charge in [-0.3, -0.25) is 24.6 Å². The Kier molecular flexibility index (Phi) is 4.86. The maximum absolute atomic E-state index is 15.0. The minimum Gasteiger partial charge on any atom is -0.381 e. The number of piperidine rings is 1. The van der Waals surface area contributed by atoms with Crippen molar-refractivity contribution >= 4 is 23.4 Å². The van der Waals surface area contributed by atoms with Gasteiger partial charge in [0.1, 0.15) is 11.9 Å². The van der Waals surface area contributed by atoms with E-state index in [9.17, 15) is 14.4 Å². The molecule has 3 aliphatic rings. The second-order valence-corrected chi connectivity index (χ2v) is 10.5. The van der Waals surface area contributed by atoms with Gasteiger partial charge in [0.05, 0.1) is 11.2 Å². The van der Waals surface area contributed by atoms with Crippen LogP contribution in [-0.4, -0.2) is 57.8 Å². The number of nitrogens with one attached hydrogen (secondary N) is 2. The van der Waals surface area contributed by atoms with Crippen molar-refractivity contribution in [2.24, 2.45) is 0 Å². The van der Waals surface area contributed by atoms with Crippen LogP contribution in [0.1, 0.15) is 77.1 Å². The Morgan fingerprint density at radius 2 is 1.97 bits per heavy atom. The van der Waals surface area contributed by atoms with Crippen LogP contribution < -0.4 is 10.6 Å². The molecule has 2 aromatic rings. The molecular weight excluding hydrogens is 487 g/mol. The van der Waals surface area contributed by atoms with Crippen LogP contribution in [0.5, 0.6) is 0 Å². The van der Waals surface area contributed by atoms with Crippen molar-refractivity contribution in [3.63, 3.8) is 0 Å². The quantitative estimate of drug-likeness (QED) is 0.556. The predicted molar refractivity (Wildman–Crippen MR) is 141 cm³/mol. The minimum absolute atomic E-state index is 0.0515. The average Bonchev–Trinajstić information content (AvgIpc) is 3.26. The number of amides is 3. The Bertz CT molecular complexity index is 1570. The molecule has 0 radical (unpaired) electrons. The number of carbonyl (C=O) groups excluding carboxylic acids is 3. The summed E-state index contributed by atoms with van der Waals surface area (Å²) in [7, 11) is 0. The van der Waals surface area contributed by atoms with Crippen molar-refractivity contribution in [3.8, 4) is 0 Å². The summed E-state index contributed by atoms with van der Waals surface area (Å²) in [6.07, 6.45) is 0.338. The molecular formula is C29H35FN4O4. The SMILES string of the molecule is [2H]C([2H])([2H])C1(C)OC(C)(C)C([2H])([2H])N(Cc2ccc(F)c(CNc3cccc4c3CN(C3CCC(=O)NC3=O)C4=O)c2)C1([2H])[2H]. The van der Waals surface area contributed by atoms with E-state index in [4.69, 9.17) is 14.3 Å². The fraction of sp³-hybridized carbons (Fsp3) is 0.483. The van der Waals surface area contributed by atoms with E-state index >= 15 is 4.39 Å². The summed E-state index contributed by atoms with van der Waals surface area (Å²) in [5.74, 6) is -1.85. The molecule has 8 nitrogen and oxygen atoms in total. The van der Waals surface area contributed by atoms with Gasteiger partial charge in [-0.25, -0.2) is 4.39 Å². The molecule has 3 heterocycles. The molecule has 2 fully saturated rings. The van der Waals surface area contributed by atoms with Crippen molar-refractivity contribution in [1.29, 1.82) is 0 Å². The van der Waals surface area contributed by atoms with E-state index in [1.54, 1.807) is 18.2 Å². The molecule has 2 saturated heterocycles. The monoisotopic (exact) mass is 529 g/mol. The lowest BCUT2D eigenvalue weighted by molar-refractivity contribution is -0.182. The average molecular weight is 530 g/mol. The first-order valence-electron chi connectivity index (χ1n) is 16.0. The summed E-state index contributed by atoms with van der Waals surface area (Å²) in [4.78, 5) is 39.4. The van der Waals surface area contributed by atoms with E-state index in [0.29, 0.717) is 22.4 Å². The van der Waals surface area contributed by atoms with Crippen molar-refractivity contribution in [3.05, 3.63) is 64.5 Å². The summed E-state index contributed by atoms with van der Waals surface area (Å²) < 4.78 is 79.8. The number of carbonyl (C=O) groups is 3. The van der Waals surface area contributed by atoms with E-state index in [1.807, 2.05) is 0 Å². The molecule has 0 saturated carbocycles. The summed E-state index contributed by atoms with van der Waals surface area (Å²) in [6.45, 7) is -4.68. The van der Waals surface area contributed by atoms with Gasteiger partial charge in [-0.15, -0.1) is 0 Å². The lowest BCUT2D eigenvalue weighted by Gasteiger charge is -2.47. The first kappa shape index (κ1) is 18.9. The van der Waals surface area contributed by atoms with Gasteiger partial charge in [0.25, 0.3) is 5.91 Å². The van der Waals surface area contributed by atoms with E-state index in [2.05, 4.69) is 10.6 Å². The number of fused-ring (bicyclic) bond motifs is 1. The molecule has 38 heavy (non-hydrogen) atoms. The number of hydrogen-bond acceptors (Lipinski definition) is 6. The first-order valence-corrected chi connectivity index (χ1v) is 12.5. The van der Waals surface area contributed by atoms with Crippen molar-refractivity contribution in [2.75, 3.05) is 18.3 Å². The summed E-state index contributed by atoms with van der Waals surface area (Å²) in [6, 6.07) is 8.24. The van der Waals surface area contributed by atoms with Gasteiger partial charge < -0.3 is 15.0 Å². The Balaban J connectivity index is 1.38. The first-order chi connectivity index (χ1) is 20.7. The second kappa shape index (κ2) is 9.78. The van der Waals surface area contributed by atoms with Crippen LogP contribution >= 0.6 is 0 Å². The number of halogens is 1. The lowest BCUT2D eigenvalue weighted by atomic mass is 9.98. The highest BCUT2D eigenvalue weighted by Gasteiger charge is 2.40. The van der Waals surface area contributed by atoms with Crippen LogP contribution in [-0.2, 0) is 34.0 Å². The molecule has 5 rings (SSSR count). The summed E-state index contributed by atoms with van der Waals surface area (Å²) >= 11 is 0. The molecule has 3 aliphatic heterocycles. The number of morpholine rings is 1. The van der Waals surface area contributed by atoms with Crippen molar-refractivity contribution in [2.45, 2.75) is 77.3 Å². The van der Waals surface area contributed by atoms with E-state index in [0.717, 1.165) is 11.8 Å². The van der Waals surface area contributed by atoms with Crippen LogP contribution in [0.25, 0.3) is 0 Å². The van der Waals surface area contributed by atoms with E-state index in [1.165, 1.54) is 36.9 Å². The molecule has 0 aromatic heterocycles. The third-order valence-electron chi connectivity index (χ3n) is 6.71. The highest BCUT2D eigenvalue weighted by molar-refractivity contribution is 6.06. The van der Waals surface area contributed by atoms with Gasteiger partial charge >= 0.3 is 0 Å². The van der Waals surface area contributed by atoms with Gasteiger partial charge in [0.2, 0.25) is 11.8 Å². The molecule has 2 N–H and O–H groups in total. The molecule has 202 valence electrons. The minimum atomic E-state index is -2.94. The maximum atomic E-state index is 15.0. The van der Waals surface area contributed by atoms with Crippen LogP contribution in [0.3, 0.4) is 0 Å². The number of benzene rings is 2. The summed E-state index contributed by atoms with van der Waals surface area (Å²) in [5.41, 5.74) is -2.06. The number of imide groups is 1. The highest BCUT2D eigenvalue weighted by atomic mass is 19.1. The van der Waals surface area contributed by atoms with Crippen molar-refractivity contribution < 1.29 is 33.1 Å². The van der Waals surface area contributed by atoms with E-state index < -0.39 is 48.8 Å². The molecule has 2 atom stereocenters. The van der Waals surface area contributed by atoms with Gasteiger partial charge in [0.15, 0.2) is 0 Å². The smallest absolute Gasteiger partial charge is 0.255 e. The number of ether oxygens (including phenoxy) is 1. The largest absolute Gasteiger partial charge is 0.381 e. The van der Waals surface area contributed by atoms with Gasteiger partial charge in [0, 0.05) is 71.0 Å². The van der Waals surface area contributed by atoms with Crippen LogP contribution in [0.2, 0.25) is 0 Å². The zero-order valence-corrected chi connectivity index (χ0v) is 21.5. The highest BCUT2D eigenvalue weighted by Crippen LogP contribution is 2.33. The second-order valence-electron chi connectivity index (χ2n) is 10.5. The topological polar surface area (TPSA) is 91.0 Å². The third kappa shape index (κ3) is 5.44. The third-order valence-corrected chi connectivity index (χ3v) is 6.71. The zero-order chi connectivity index (χ0) is 33.3. The molecule has 2 aromatic carbocycles. The number of nitrogens with zero attached hydrogens (tertiary/aromatic N) is 2. The lowest BCUT2D eigenvalue weighted by Crippen LogP contribution is -2.56.